The van der Waals surface area contributed by atoms with Gasteiger partial charge in [0.05, 0.1) is 19.1 Å². The van der Waals surface area contributed by atoms with Crippen LogP contribution in [0.2, 0.25) is 0 Å². The Morgan fingerprint density at radius 1 is 1.24 bits per heavy atom. The summed E-state index contributed by atoms with van der Waals surface area (Å²) in [7, 11) is 3.30. The fourth-order valence-corrected chi connectivity index (χ4v) is 2.67. The van der Waals surface area contributed by atoms with Crippen LogP contribution in [0.4, 0.5) is 0 Å². The van der Waals surface area contributed by atoms with Crippen LogP contribution in [0.3, 0.4) is 0 Å². The van der Waals surface area contributed by atoms with Gasteiger partial charge < -0.3 is 19.7 Å². The molecule has 1 atom stereocenters. The van der Waals surface area contributed by atoms with Gasteiger partial charge in [0, 0.05) is 40.4 Å². The fraction of sp³-hybridized carbons (Fsp3) is 0.562. The van der Waals surface area contributed by atoms with Gasteiger partial charge in [-0.25, -0.2) is 0 Å². The molecule has 116 valence electrons. The van der Waals surface area contributed by atoms with Crippen molar-refractivity contribution in [2.24, 2.45) is 0 Å². The average molecular weight is 292 g/mol. The molecule has 5 heteroatoms. The van der Waals surface area contributed by atoms with E-state index in [9.17, 15) is 4.79 Å². The summed E-state index contributed by atoms with van der Waals surface area (Å²) in [5.41, 5.74) is 2.35. The molecule has 1 amide bonds. The number of amides is 1. The van der Waals surface area contributed by atoms with E-state index in [1.807, 2.05) is 17.0 Å². The van der Waals surface area contributed by atoms with Gasteiger partial charge in [0.2, 0.25) is 5.91 Å². The van der Waals surface area contributed by atoms with Crippen LogP contribution in [-0.2, 0) is 20.8 Å². The highest BCUT2D eigenvalue weighted by atomic mass is 16.5. The van der Waals surface area contributed by atoms with Crippen LogP contribution in [0.25, 0.3) is 0 Å². The smallest absolute Gasteiger partial charge is 0.231 e. The van der Waals surface area contributed by atoms with Crippen LogP contribution in [0, 0.1) is 0 Å². The van der Waals surface area contributed by atoms with Crippen LogP contribution in [0.5, 0.6) is 0 Å². The van der Waals surface area contributed by atoms with E-state index in [4.69, 9.17) is 9.47 Å². The molecule has 0 saturated heterocycles. The second kappa shape index (κ2) is 8.12. The summed E-state index contributed by atoms with van der Waals surface area (Å²) < 4.78 is 10.2. The summed E-state index contributed by atoms with van der Waals surface area (Å²) >= 11 is 0. The van der Waals surface area contributed by atoms with E-state index in [2.05, 4.69) is 17.4 Å². The first kappa shape index (κ1) is 15.9. The molecular weight excluding hydrogens is 268 g/mol. The van der Waals surface area contributed by atoms with Crippen molar-refractivity contribution in [3.05, 3.63) is 35.4 Å². The third kappa shape index (κ3) is 4.03. The largest absolute Gasteiger partial charge is 0.383 e. The number of carbonyl (C=O) groups excluding carboxylic acids is 1. The quantitative estimate of drug-likeness (QED) is 0.814. The molecule has 1 heterocycles. The lowest BCUT2D eigenvalue weighted by Crippen LogP contribution is -2.44. The number of hydrogen-bond acceptors (Lipinski definition) is 4. The first-order valence-electron chi connectivity index (χ1n) is 7.33. The lowest BCUT2D eigenvalue weighted by Gasteiger charge is -2.31. The highest BCUT2D eigenvalue weighted by Crippen LogP contribution is 2.25. The van der Waals surface area contributed by atoms with Gasteiger partial charge in [0.15, 0.2) is 0 Å². The molecule has 1 unspecified atom stereocenters. The molecule has 0 aliphatic carbocycles. The van der Waals surface area contributed by atoms with E-state index < -0.39 is 0 Å². The third-order valence-electron chi connectivity index (χ3n) is 3.83. The number of methoxy groups -OCH3 is 2. The highest BCUT2D eigenvalue weighted by molar-refractivity contribution is 5.84. The lowest BCUT2D eigenvalue weighted by atomic mass is 9.90. The minimum absolute atomic E-state index is 0.122. The Labute approximate surface area is 126 Å². The van der Waals surface area contributed by atoms with E-state index in [1.54, 1.807) is 14.2 Å². The van der Waals surface area contributed by atoms with Gasteiger partial charge >= 0.3 is 0 Å². The van der Waals surface area contributed by atoms with Crippen LogP contribution < -0.4 is 5.32 Å². The number of benzene rings is 1. The van der Waals surface area contributed by atoms with Gasteiger partial charge in [0.25, 0.3) is 0 Å². The summed E-state index contributed by atoms with van der Waals surface area (Å²) in [6, 6.07) is 8.15. The molecule has 1 N–H and O–H groups in total. The zero-order chi connectivity index (χ0) is 15.1. The fourth-order valence-electron chi connectivity index (χ4n) is 2.67. The van der Waals surface area contributed by atoms with Gasteiger partial charge in [-0.3, -0.25) is 4.79 Å². The molecule has 5 nitrogen and oxygen atoms in total. The van der Waals surface area contributed by atoms with Crippen molar-refractivity contribution in [1.82, 2.24) is 10.2 Å². The Morgan fingerprint density at radius 3 is 2.57 bits per heavy atom. The van der Waals surface area contributed by atoms with Crippen molar-refractivity contribution in [2.75, 3.05) is 47.1 Å². The summed E-state index contributed by atoms with van der Waals surface area (Å²) in [5, 5.41) is 3.33. The molecule has 0 radical (unpaired) electrons. The van der Waals surface area contributed by atoms with Gasteiger partial charge in [-0.2, -0.15) is 0 Å². The van der Waals surface area contributed by atoms with Crippen LogP contribution >= 0.6 is 0 Å². The first-order chi connectivity index (χ1) is 10.3. The van der Waals surface area contributed by atoms with Crippen LogP contribution in [-0.4, -0.2) is 57.9 Å². The highest BCUT2D eigenvalue weighted by Gasteiger charge is 2.29. The molecule has 0 saturated carbocycles. The van der Waals surface area contributed by atoms with Crippen molar-refractivity contribution >= 4 is 5.91 Å². The van der Waals surface area contributed by atoms with Gasteiger partial charge in [0.1, 0.15) is 0 Å². The molecule has 0 spiro atoms. The molecule has 1 aromatic carbocycles. The van der Waals surface area contributed by atoms with Gasteiger partial charge in [-0.1, -0.05) is 24.3 Å². The number of hydrogen-bond donors (Lipinski definition) is 1. The van der Waals surface area contributed by atoms with Gasteiger partial charge in [-0.15, -0.1) is 0 Å². The molecule has 1 aliphatic rings. The number of nitrogens with one attached hydrogen (secondary N) is 1. The minimum Gasteiger partial charge on any atom is -0.383 e. The average Bonchev–Trinajstić information content (AvgIpc) is 2.54. The monoisotopic (exact) mass is 292 g/mol. The maximum Gasteiger partial charge on any atom is 0.231 e. The second-order valence-corrected chi connectivity index (χ2v) is 5.19. The van der Waals surface area contributed by atoms with Crippen molar-refractivity contribution < 1.29 is 14.3 Å². The molecule has 1 aliphatic heterocycles. The van der Waals surface area contributed by atoms with Crippen LogP contribution in [0.1, 0.15) is 17.0 Å². The van der Waals surface area contributed by atoms with Crippen molar-refractivity contribution in [3.63, 3.8) is 0 Å². The van der Waals surface area contributed by atoms with Crippen molar-refractivity contribution in [1.29, 1.82) is 0 Å². The zero-order valence-electron chi connectivity index (χ0n) is 12.8. The zero-order valence-corrected chi connectivity index (χ0v) is 12.8. The van der Waals surface area contributed by atoms with Crippen molar-refractivity contribution in [3.8, 4) is 0 Å². The molecule has 0 aromatic heterocycles. The first-order valence-corrected chi connectivity index (χ1v) is 7.33. The topological polar surface area (TPSA) is 50.8 Å². The number of fused-ring (bicyclic) bond motifs is 1. The number of ether oxygens (including phenoxy) is 2. The predicted octanol–water partition coefficient (Wildman–Crippen LogP) is 0.995. The molecular formula is C16H24N2O3. The van der Waals surface area contributed by atoms with Crippen LogP contribution in [0.15, 0.2) is 24.3 Å². The lowest BCUT2D eigenvalue weighted by molar-refractivity contribution is -0.134. The maximum atomic E-state index is 12.8. The molecule has 21 heavy (non-hydrogen) atoms. The molecule has 2 rings (SSSR count). The third-order valence-corrected chi connectivity index (χ3v) is 3.83. The van der Waals surface area contributed by atoms with E-state index in [0.29, 0.717) is 32.8 Å². The number of rotatable bonds is 7. The number of carbonyl (C=O) groups is 1. The Kier molecular flexibility index (Phi) is 6.17. The minimum atomic E-state index is -0.122. The summed E-state index contributed by atoms with van der Waals surface area (Å²) in [6.45, 7) is 3.78. The predicted molar refractivity (Wildman–Crippen MR) is 81.2 cm³/mol. The molecule has 0 fully saturated rings. The standard InChI is InChI=1S/C16H24N2O3/c1-20-9-7-18(8-10-21-2)16(19)15-12-17-11-13-5-3-4-6-14(13)15/h3-6,15,17H,7-12H2,1-2H3. The summed E-state index contributed by atoms with van der Waals surface area (Å²) in [5.74, 6) is 0.0208. The van der Waals surface area contributed by atoms with E-state index in [0.717, 1.165) is 12.1 Å². The maximum absolute atomic E-state index is 12.8. The second-order valence-electron chi connectivity index (χ2n) is 5.19. The van der Waals surface area contributed by atoms with E-state index in [-0.39, 0.29) is 11.8 Å². The Morgan fingerprint density at radius 2 is 1.90 bits per heavy atom. The SMILES string of the molecule is COCCN(CCOC)C(=O)C1CNCc2ccccc21. The normalized spacial score (nSPS) is 17.3. The summed E-state index contributed by atoms with van der Waals surface area (Å²) in [4.78, 5) is 14.7. The van der Waals surface area contributed by atoms with E-state index >= 15 is 0 Å². The van der Waals surface area contributed by atoms with Gasteiger partial charge in [-0.05, 0) is 11.1 Å². The Hall–Kier alpha value is -1.43. The number of nitrogens with zero attached hydrogens (tertiary/aromatic N) is 1. The van der Waals surface area contributed by atoms with Crippen molar-refractivity contribution in [2.45, 2.75) is 12.5 Å². The van der Waals surface area contributed by atoms with E-state index in [1.165, 1.54) is 5.56 Å². The molecule has 0 bridgehead atoms. The summed E-state index contributed by atoms with van der Waals surface area (Å²) in [6.07, 6.45) is 0. The Bertz CT molecular complexity index is 457. The molecule has 1 aromatic rings. The Balaban J connectivity index is 2.12.